The molecule has 3 aliphatic rings. The first kappa shape index (κ1) is 35.5. The highest BCUT2D eigenvalue weighted by molar-refractivity contribution is 7.80. The van der Waals surface area contributed by atoms with Crippen molar-refractivity contribution >= 4 is 50.2 Å². The Morgan fingerprint density at radius 3 is 2.56 bits per heavy atom. The first-order chi connectivity index (χ1) is 22.5. The van der Waals surface area contributed by atoms with E-state index >= 15 is 0 Å². The number of thiazole rings is 1. The summed E-state index contributed by atoms with van der Waals surface area (Å²) < 4.78 is 42.0. The number of amidine groups is 1. The van der Waals surface area contributed by atoms with Crippen LogP contribution in [-0.2, 0) is 35.5 Å². The zero-order valence-electron chi connectivity index (χ0n) is 27.2. The molecule has 262 valence electrons. The number of aryl methyl sites for hydroxylation is 1. The van der Waals surface area contributed by atoms with Gasteiger partial charge in [0.25, 0.3) is 11.8 Å². The van der Waals surface area contributed by atoms with Crippen molar-refractivity contribution in [2.45, 2.75) is 95.5 Å². The topological polar surface area (TPSA) is 247 Å². The predicted molar refractivity (Wildman–Crippen MR) is 178 cm³/mol. The number of oxime groups is 1. The smallest absolute Gasteiger partial charge is 0.418 e. The van der Waals surface area contributed by atoms with E-state index in [1.54, 1.807) is 13.8 Å². The summed E-state index contributed by atoms with van der Waals surface area (Å²) in [5.41, 5.74) is 17.3. The number of carbonyl (C=O) groups is 2. The molecule has 2 atom stereocenters. The Bertz CT molecular complexity index is 1720. The highest BCUT2D eigenvalue weighted by Gasteiger charge is 2.58. The number of nitrogens with one attached hydrogen (secondary N) is 1. The van der Waals surface area contributed by atoms with Crippen molar-refractivity contribution in [3.05, 3.63) is 40.4 Å². The Morgan fingerprint density at radius 1 is 1.25 bits per heavy atom. The van der Waals surface area contributed by atoms with Crippen molar-refractivity contribution < 1.29 is 36.4 Å². The summed E-state index contributed by atoms with van der Waals surface area (Å²) >= 11 is 1.08. The molecule has 2 aromatic rings. The summed E-state index contributed by atoms with van der Waals surface area (Å²) in [4.78, 5) is 40.9. The molecule has 1 aromatic heterocycles. The van der Waals surface area contributed by atoms with Gasteiger partial charge < -0.3 is 32.1 Å². The van der Waals surface area contributed by atoms with Gasteiger partial charge in [-0.15, -0.1) is 15.6 Å². The number of nitrogens with zero attached hydrogens (tertiary/aromatic N) is 4. The fourth-order valence-corrected chi connectivity index (χ4v) is 7.06. The molecule has 1 saturated carbocycles. The summed E-state index contributed by atoms with van der Waals surface area (Å²) in [6, 6.07) is 4.74. The van der Waals surface area contributed by atoms with E-state index in [4.69, 9.17) is 36.3 Å². The standard InChI is InChI=1S/C30H42N8O8S2/c1-29(2)24(27(40)38(29)46-48(41,42)43)36-26(39)23(20-15-47-28(33)35-20)37-45-30(3,4)22-12-8-17-13-18(7-11-21(17)44-22)25(32)34-19-9-5-16(14-31)6-10-19/h7,11,13,15-16,19,22,24H,5-6,8-10,12,14,31H2,1-4H3,(H2,32,34)(H2,33,35)(H,36,39)(H,41,42,43)/b37-23-/t16?,19?,22-,24-/m1/s1. The third kappa shape index (κ3) is 7.72. The molecule has 0 unspecified atom stereocenters. The van der Waals surface area contributed by atoms with Gasteiger partial charge in [0.05, 0.1) is 11.6 Å². The molecule has 2 fully saturated rings. The lowest BCUT2D eigenvalue weighted by Crippen LogP contribution is -2.76. The fourth-order valence-electron chi connectivity index (χ4n) is 6.06. The molecule has 0 spiro atoms. The molecule has 1 aliphatic carbocycles. The molecule has 5 rings (SSSR count). The van der Waals surface area contributed by atoms with E-state index < -0.39 is 45.5 Å². The zero-order valence-corrected chi connectivity index (χ0v) is 28.8. The second-order valence-corrected chi connectivity index (χ2v) is 15.2. The minimum atomic E-state index is -4.97. The minimum absolute atomic E-state index is 0.107. The van der Waals surface area contributed by atoms with Crippen LogP contribution in [0.2, 0.25) is 0 Å². The third-order valence-corrected chi connectivity index (χ3v) is 10.0. The summed E-state index contributed by atoms with van der Waals surface area (Å²) in [5, 5.41) is 8.83. The van der Waals surface area contributed by atoms with Gasteiger partial charge in [0.1, 0.15) is 29.4 Å². The van der Waals surface area contributed by atoms with Crippen LogP contribution in [0.3, 0.4) is 0 Å². The number of hydroxylamine groups is 2. The van der Waals surface area contributed by atoms with Crippen molar-refractivity contribution in [2.75, 3.05) is 12.3 Å². The van der Waals surface area contributed by atoms with E-state index in [1.165, 1.54) is 19.2 Å². The minimum Gasteiger partial charge on any atom is -0.486 e. The number of β-lactam (4-membered cyclic amide) rings is 1. The number of aliphatic imine (C=N–C) groups is 1. The number of fused-ring (bicyclic) bond motifs is 1. The van der Waals surface area contributed by atoms with Gasteiger partial charge in [-0.25, -0.2) is 4.98 Å². The Kier molecular flexibility index (Phi) is 10.0. The summed E-state index contributed by atoms with van der Waals surface area (Å²) in [7, 11) is -4.97. The SMILES string of the molecule is CC(C)(O/N=C(\C(=O)N[C@@H]1C(=O)N(OS(=O)(=O)O)C1(C)C)c1csc(N)n1)[C@H]1CCc2cc(C(N)=NC3CCC(CN)CC3)ccc2O1. The van der Waals surface area contributed by atoms with Crippen LogP contribution in [0.15, 0.2) is 33.7 Å². The summed E-state index contributed by atoms with van der Waals surface area (Å²) in [5.74, 6) is 0.0240. The maximum atomic E-state index is 13.4. The predicted octanol–water partition coefficient (Wildman–Crippen LogP) is 1.68. The van der Waals surface area contributed by atoms with Gasteiger partial charge in [-0.05, 0) is 102 Å². The molecule has 3 heterocycles. The van der Waals surface area contributed by atoms with E-state index in [0.29, 0.717) is 42.0 Å². The van der Waals surface area contributed by atoms with Crippen LogP contribution in [0.25, 0.3) is 0 Å². The van der Waals surface area contributed by atoms with E-state index in [1.807, 2.05) is 18.2 Å². The second kappa shape index (κ2) is 13.6. The van der Waals surface area contributed by atoms with Crippen LogP contribution in [0.4, 0.5) is 5.13 Å². The number of rotatable bonds is 11. The van der Waals surface area contributed by atoms with Crippen molar-refractivity contribution in [1.82, 2.24) is 15.4 Å². The second-order valence-electron chi connectivity index (χ2n) is 13.3. The summed E-state index contributed by atoms with van der Waals surface area (Å²) in [6.07, 6.45) is 4.90. The van der Waals surface area contributed by atoms with Crippen molar-refractivity contribution in [3.63, 3.8) is 0 Å². The number of amides is 2. The highest BCUT2D eigenvalue weighted by atomic mass is 32.3. The number of aromatic nitrogens is 1. The molecule has 0 radical (unpaired) electrons. The molecular formula is C30H42N8O8S2. The highest BCUT2D eigenvalue weighted by Crippen LogP contribution is 2.35. The average Bonchev–Trinajstić information content (AvgIpc) is 3.47. The van der Waals surface area contributed by atoms with Crippen molar-refractivity contribution in [2.24, 2.45) is 27.5 Å². The Labute approximate surface area is 283 Å². The quantitative estimate of drug-likeness (QED) is 0.0736. The fraction of sp³-hybridized carbons (Fsp3) is 0.567. The molecule has 2 aliphatic heterocycles. The first-order valence-corrected chi connectivity index (χ1v) is 17.9. The molecule has 1 saturated heterocycles. The number of benzene rings is 1. The molecule has 16 nitrogen and oxygen atoms in total. The Morgan fingerprint density at radius 2 is 1.96 bits per heavy atom. The monoisotopic (exact) mass is 706 g/mol. The Hall–Kier alpha value is -3.84. The number of hydrogen-bond donors (Lipinski definition) is 5. The van der Waals surface area contributed by atoms with Gasteiger partial charge >= 0.3 is 10.4 Å². The number of nitrogens with two attached hydrogens (primary N) is 3. The number of nitrogen functional groups attached to an aromatic ring is 1. The number of hydrogen-bond acceptors (Lipinski definition) is 13. The summed E-state index contributed by atoms with van der Waals surface area (Å²) in [6.45, 7) is 7.15. The van der Waals surface area contributed by atoms with Crippen LogP contribution in [0.5, 0.6) is 5.75 Å². The molecule has 0 bridgehead atoms. The van der Waals surface area contributed by atoms with Gasteiger partial charge in [-0.1, -0.05) is 5.16 Å². The molecular weight excluding hydrogens is 665 g/mol. The lowest BCUT2D eigenvalue weighted by Gasteiger charge is -2.50. The number of anilines is 1. The van der Waals surface area contributed by atoms with E-state index in [9.17, 15) is 18.0 Å². The average molecular weight is 707 g/mol. The normalized spacial score (nSPS) is 24.7. The molecule has 2 amide bonds. The van der Waals surface area contributed by atoms with Crippen LogP contribution in [0.1, 0.15) is 76.6 Å². The van der Waals surface area contributed by atoms with Crippen LogP contribution in [0, 0.1) is 5.92 Å². The van der Waals surface area contributed by atoms with E-state index in [2.05, 4.69) is 19.7 Å². The lowest BCUT2D eigenvalue weighted by molar-refractivity contribution is -0.218. The largest absolute Gasteiger partial charge is 0.486 e. The third-order valence-electron chi connectivity index (χ3n) is 9.02. The van der Waals surface area contributed by atoms with Crippen LogP contribution >= 0.6 is 11.3 Å². The molecule has 18 heteroatoms. The Balaban J connectivity index is 1.27. The van der Waals surface area contributed by atoms with Gasteiger partial charge in [0, 0.05) is 10.9 Å². The van der Waals surface area contributed by atoms with Crippen LogP contribution < -0.4 is 27.3 Å². The lowest BCUT2D eigenvalue weighted by atomic mass is 9.84. The first-order valence-electron chi connectivity index (χ1n) is 15.6. The zero-order chi connectivity index (χ0) is 35.0. The molecule has 48 heavy (non-hydrogen) atoms. The van der Waals surface area contributed by atoms with Gasteiger partial charge in [0.2, 0.25) is 0 Å². The van der Waals surface area contributed by atoms with Gasteiger partial charge in [-0.2, -0.15) is 13.5 Å². The molecule has 1 aromatic carbocycles. The van der Waals surface area contributed by atoms with E-state index in [-0.39, 0.29) is 22.6 Å². The maximum absolute atomic E-state index is 13.4. The van der Waals surface area contributed by atoms with Gasteiger partial charge in [0.15, 0.2) is 16.4 Å². The molecule has 8 N–H and O–H groups in total. The maximum Gasteiger partial charge on any atom is 0.418 e. The number of ether oxygens (including phenoxy) is 1. The van der Waals surface area contributed by atoms with E-state index in [0.717, 1.165) is 48.1 Å². The van der Waals surface area contributed by atoms with Crippen molar-refractivity contribution in [3.8, 4) is 5.75 Å². The number of carbonyl (C=O) groups excluding carboxylic acids is 2. The van der Waals surface area contributed by atoms with Gasteiger partial charge in [-0.3, -0.25) is 19.1 Å². The van der Waals surface area contributed by atoms with Crippen LogP contribution in [-0.4, -0.2) is 82.3 Å². The van der Waals surface area contributed by atoms with Crippen molar-refractivity contribution in [1.29, 1.82) is 0 Å².